The fourth-order valence-electron chi connectivity index (χ4n) is 2.93. The highest BCUT2D eigenvalue weighted by Gasteiger charge is 2.11. The minimum Gasteiger partial charge on any atom is -0.868 e. The number of hydrogen-bond donors (Lipinski definition) is 0. The Labute approximate surface area is 158 Å². The molecule has 0 unspecified atom stereocenters. The molecule has 5 heteroatoms. The van der Waals surface area contributed by atoms with Crippen molar-refractivity contribution >= 4 is 17.6 Å². The van der Waals surface area contributed by atoms with Crippen molar-refractivity contribution in [3.05, 3.63) is 105 Å². The summed E-state index contributed by atoms with van der Waals surface area (Å²) in [6.07, 6.45) is 4.29. The second-order valence-corrected chi connectivity index (χ2v) is 6.49. The van der Waals surface area contributed by atoms with Crippen LogP contribution >= 0.6 is 0 Å². The lowest BCUT2D eigenvalue weighted by atomic mass is 10.0. The molecule has 0 saturated heterocycles. The number of hydrogen-bond acceptors (Lipinski definition) is 3. The molecule has 0 bridgehead atoms. The Morgan fingerprint density at radius 3 is 2.37 bits per heavy atom. The number of aromatic nitrogens is 1. The van der Waals surface area contributed by atoms with Crippen LogP contribution in [0.25, 0.3) is 12.0 Å². The van der Waals surface area contributed by atoms with Gasteiger partial charge in [-0.3, -0.25) is 10.1 Å². The van der Waals surface area contributed by atoms with Gasteiger partial charge in [0.05, 0.1) is 4.92 Å². The average Bonchev–Trinajstić information content (AvgIpc) is 2.66. The normalized spacial score (nSPS) is 11.4. The van der Waals surface area contributed by atoms with Crippen LogP contribution in [0.5, 0.6) is 0 Å². The van der Waals surface area contributed by atoms with Gasteiger partial charge in [0, 0.05) is 30.7 Å². The first-order valence-corrected chi connectivity index (χ1v) is 8.63. The highest BCUT2D eigenvalue weighted by Crippen LogP contribution is 2.17. The monoisotopic (exact) mass is 360 g/mol. The molecule has 0 aliphatic heterocycles. The minimum atomic E-state index is -0.480. The second kappa shape index (κ2) is 7.83. The average molecular weight is 360 g/mol. The number of nitro groups is 1. The van der Waals surface area contributed by atoms with E-state index in [1.807, 2.05) is 38.2 Å². The number of benzene rings is 2. The quantitative estimate of drug-likeness (QED) is 0.303. The summed E-state index contributed by atoms with van der Waals surface area (Å²) >= 11 is 0. The van der Waals surface area contributed by atoms with Crippen LogP contribution in [0.3, 0.4) is 0 Å². The third-order valence-electron chi connectivity index (χ3n) is 4.49. The summed E-state index contributed by atoms with van der Waals surface area (Å²) in [6, 6.07) is 18.0. The summed E-state index contributed by atoms with van der Waals surface area (Å²) in [7, 11) is 0. The maximum absolute atomic E-state index is 12.5. The van der Waals surface area contributed by atoms with Gasteiger partial charge in [-0.05, 0) is 47.9 Å². The summed E-state index contributed by atoms with van der Waals surface area (Å²) in [4.78, 5) is 10.2. The van der Waals surface area contributed by atoms with Crippen molar-refractivity contribution in [3.63, 3.8) is 0 Å². The molecule has 3 rings (SSSR count). The highest BCUT2D eigenvalue weighted by atomic mass is 16.6. The lowest BCUT2D eigenvalue weighted by molar-refractivity contribution is -0.577. The molecule has 5 nitrogen and oxygen atoms in total. The zero-order chi connectivity index (χ0) is 19.4. The van der Waals surface area contributed by atoms with Crippen molar-refractivity contribution in [2.24, 2.45) is 0 Å². The van der Waals surface area contributed by atoms with E-state index in [-0.39, 0.29) is 11.4 Å². The first-order chi connectivity index (χ1) is 12.9. The van der Waals surface area contributed by atoms with Crippen LogP contribution < -0.4 is 9.67 Å². The first-order valence-electron chi connectivity index (χ1n) is 8.63. The Morgan fingerprint density at radius 2 is 1.74 bits per heavy atom. The van der Waals surface area contributed by atoms with Crippen LogP contribution in [0.1, 0.15) is 27.9 Å². The second-order valence-electron chi connectivity index (χ2n) is 6.49. The van der Waals surface area contributed by atoms with Crippen LogP contribution in [0.2, 0.25) is 0 Å². The van der Waals surface area contributed by atoms with Crippen molar-refractivity contribution in [1.82, 2.24) is 0 Å². The van der Waals surface area contributed by atoms with Crippen LogP contribution in [0.4, 0.5) is 5.69 Å². The summed E-state index contributed by atoms with van der Waals surface area (Å²) in [6.45, 7) is 3.98. The smallest absolute Gasteiger partial charge is 0.269 e. The number of nitro benzene ring substituents is 1. The Bertz CT molecular complexity index is 994. The third-order valence-corrected chi connectivity index (χ3v) is 4.49. The van der Waals surface area contributed by atoms with Gasteiger partial charge in [0.15, 0.2) is 18.1 Å². The van der Waals surface area contributed by atoms with E-state index in [9.17, 15) is 15.2 Å². The van der Waals surface area contributed by atoms with Gasteiger partial charge in [-0.1, -0.05) is 30.3 Å². The van der Waals surface area contributed by atoms with Gasteiger partial charge in [0.25, 0.3) is 5.69 Å². The molecular weight excluding hydrogens is 340 g/mol. The predicted molar refractivity (Wildman–Crippen MR) is 103 cm³/mol. The van der Waals surface area contributed by atoms with Crippen LogP contribution in [-0.4, -0.2) is 4.92 Å². The molecule has 0 atom stereocenters. The Kier molecular flexibility index (Phi) is 5.31. The van der Waals surface area contributed by atoms with Crippen molar-refractivity contribution in [3.8, 4) is 0 Å². The number of pyridine rings is 1. The molecule has 0 saturated carbocycles. The lowest BCUT2D eigenvalue weighted by Gasteiger charge is -2.11. The summed E-state index contributed by atoms with van der Waals surface area (Å²) in [5.41, 5.74) is 4.88. The summed E-state index contributed by atoms with van der Waals surface area (Å²) in [5, 5.41) is 23.2. The number of non-ortho nitro benzene ring substituents is 1. The molecule has 27 heavy (non-hydrogen) atoms. The maximum atomic E-state index is 12.5. The van der Waals surface area contributed by atoms with Gasteiger partial charge in [0.2, 0.25) is 0 Å². The zero-order valence-electron chi connectivity index (χ0n) is 15.3. The molecule has 0 radical (unpaired) electrons. The molecule has 2 aromatic carbocycles. The van der Waals surface area contributed by atoms with E-state index >= 15 is 0 Å². The SMILES string of the molecule is Cc1c[n+](/C=C(\[O-])c2ccc([N+](=O)[O-])cc2)c(C)cc1Cc1ccccc1. The van der Waals surface area contributed by atoms with E-state index in [0.29, 0.717) is 5.56 Å². The zero-order valence-corrected chi connectivity index (χ0v) is 15.3. The van der Waals surface area contributed by atoms with Crippen molar-refractivity contribution < 1.29 is 14.6 Å². The van der Waals surface area contributed by atoms with Crippen LogP contribution in [-0.2, 0) is 6.42 Å². The number of rotatable bonds is 5. The van der Waals surface area contributed by atoms with E-state index in [1.54, 1.807) is 4.57 Å². The fraction of sp³-hybridized carbons (Fsp3) is 0.136. The van der Waals surface area contributed by atoms with Gasteiger partial charge in [-0.2, -0.15) is 4.57 Å². The van der Waals surface area contributed by atoms with Gasteiger partial charge >= 0.3 is 0 Å². The van der Waals surface area contributed by atoms with Gasteiger partial charge < -0.3 is 5.11 Å². The Morgan fingerprint density at radius 1 is 1.07 bits per heavy atom. The highest BCUT2D eigenvalue weighted by molar-refractivity contribution is 5.65. The minimum absolute atomic E-state index is 0.0310. The Balaban J connectivity index is 1.87. The molecule has 0 amide bonds. The van der Waals surface area contributed by atoms with E-state index in [4.69, 9.17) is 0 Å². The Hall–Kier alpha value is -3.47. The molecule has 0 aliphatic carbocycles. The lowest BCUT2D eigenvalue weighted by Crippen LogP contribution is -2.32. The summed E-state index contributed by atoms with van der Waals surface area (Å²) in [5.74, 6) is -0.201. The molecule has 1 heterocycles. The maximum Gasteiger partial charge on any atom is 0.269 e. The largest absolute Gasteiger partial charge is 0.868 e. The van der Waals surface area contributed by atoms with Crippen LogP contribution in [0, 0.1) is 24.0 Å². The standard InChI is InChI=1S/C22H20N2O3/c1-16-14-23(15-22(25)19-8-10-21(11-9-19)24(26)27)17(2)12-20(16)13-18-6-4-3-5-7-18/h3-12,14-15H,13H2,1-2H3/b22-15-. The van der Waals surface area contributed by atoms with Gasteiger partial charge in [-0.25, -0.2) is 0 Å². The molecular formula is C22H20N2O3. The van der Waals surface area contributed by atoms with Crippen molar-refractivity contribution in [2.45, 2.75) is 20.3 Å². The molecule has 3 aromatic rings. The molecule has 0 fully saturated rings. The molecule has 0 spiro atoms. The van der Waals surface area contributed by atoms with Gasteiger partial charge in [-0.15, -0.1) is 0 Å². The molecule has 136 valence electrons. The van der Waals surface area contributed by atoms with E-state index < -0.39 is 4.92 Å². The number of aryl methyl sites for hydroxylation is 2. The number of nitrogens with zero attached hydrogens (tertiary/aromatic N) is 2. The van der Waals surface area contributed by atoms with Crippen LogP contribution in [0.15, 0.2) is 66.9 Å². The molecule has 0 aliphatic rings. The fourth-order valence-corrected chi connectivity index (χ4v) is 2.93. The topological polar surface area (TPSA) is 70.1 Å². The van der Waals surface area contributed by atoms with Crippen molar-refractivity contribution in [1.29, 1.82) is 0 Å². The van der Waals surface area contributed by atoms with E-state index in [2.05, 4.69) is 18.2 Å². The van der Waals surface area contributed by atoms with E-state index in [0.717, 1.165) is 17.7 Å². The van der Waals surface area contributed by atoms with E-state index in [1.165, 1.54) is 41.6 Å². The third kappa shape index (κ3) is 4.39. The summed E-state index contributed by atoms with van der Waals surface area (Å²) < 4.78 is 1.80. The van der Waals surface area contributed by atoms with Crippen molar-refractivity contribution in [2.75, 3.05) is 0 Å². The van der Waals surface area contributed by atoms with Gasteiger partial charge in [0.1, 0.15) is 0 Å². The first kappa shape index (κ1) is 18.3. The molecule has 0 N–H and O–H groups in total. The molecule has 1 aromatic heterocycles. The predicted octanol–water partition coefficient (Wildman–Crippen LogP) is 3.41.